The summed E-state index contributed by atoms with van der Waals surface area (Å²) in [6.45, 7) is 14.1. The topological polar surface area (TPSA) is 43.6 Å². The van der Waals surface area contributed by atoms with Gasteiger partial charge < -0.3 is 0 Å². The molecule has 4 nitrogen and oxygen atoms in total. The van der Waals surface area contributed by atoms with Crippen LogP contribution >= 0.6 is 0 Å². The second kappa shape index (κ2) is 8.40. The van der Waals surface area contributed by atoms with Crippen LogP contribution < -0.4 is 0 Å². The summed E-state index contributed by atoms with van der Waals surface area (Å²) in [5.41, 5.74) is 5.30. The molecular formula is C15H26N4. The van der Waals surface area contributed by atoms with E-state index in [1.54, 1.807) is 4.68 Å². The zero-order valence-electron chi connectivity index (χ0n) is 13.4. The second-order valence-electron chi connectivity index (χ2n) is 3.79. The second-order valence-corrected chi connectivity index (χ2v) is 3.79. The number of aryl methyl sites for hydroxylation is 2. The van der Waals surface area contributed by atoms with Gasteiger partial charge in [-0.05, 0) is 31.9 Å². The Morgan fingerprint density at radius 1 is 0.895 bits per heavy atom. The monoisotopic (exact) mass is 262 g/mol. The molecule has 2 aromatic rings. The summed E-state index contributed by atoms with van der Waals surface area (Å²) in [5.74, 6) is 0. The summed E-state index contributed by atoms with van der Waals surface area (Å²) in [7, 11) is 1.90. The van der Waals surface area contributed by atoms with Gasteiger partial charge in [0, 0.05) is 18.8 Å². The van der Waals surface area contributed by atoms with Crippen molar-refractivity contribution in [3.05, 3.63) is 29.2 Å². The molecule has 2 heterocycles. The zero-order valence-corrected chi connectivity index (χ0v) is 13.4. The Bertz CT molecular complexity index is 501. The van der Waals surface area contributed by atoms with Gasteiger partial charge in [0.05, 0.1) is 17.6 Å². The molecule has 2 rings (SSSR count). The van der Waals surface area contributed by atoms with E-state index in [2.05, 4.69) is 29.1 Å². The third kappa shape index (κ3) is 4.16. The first kappa shape index (κ1) is 17.3. The number of rotatable bonds is 1. The fourth-order valence-electron chi connectivity index (χ4n) is 1.54. The highest BCUT2D eigenvalue weighted by Gasteiger charge is 2.10. The van der Waals surface area contributed by atoms with E-state index in [0.717, 1.165) is 17.0 Å². The number of nitrogens with zero attached hydrogens (tertiary/aromatic N) is 4. The highest BCUT2D eigenvalue weighted by atomic mass is 15.2. The van der Waals surface area contributed by atoms with Crippen LogP contribution in [-0.2, 0) is 7.05 Å². The highest BCUT2D eigenvalue weighted by Crippen LogP contribution is 2.22. The molecule has 0 radical (unpaired) electrons. The predicted molar refractivity (Wildman–Crippen MR) is 81.1 cm³/mol. The van der Waals surface area contributed by atoms with Crippen molar-refractivity contribution in [2.75, 3.05) is 0 Å². The van der Waals surface area contributed by atoms with Gasteiger partial charge in [-0.25, -0.2) is 0 Å². The Hall–Kier alpha value is -1.71. The molecule has 0 unspecified atom stereocenters. The Labute approximate surface area is 116 Å². The van der Waals surface area contributed by atoms with E-state index in [9.17, 15) is 0 Å². The van der Waals surface area contributed by atoms with Crippen molar-refractivity contribution in [2.45, 2.75) is 48.5 Å². The molecule has 0 saturated carbocycles. The van der Waals surface area contributed by atoms with Gasteiger partial charge in [0.15, 0.2) is 0 Å². The van der Waals surface area contributed by atoms with Crippen molar-refractivity contribution in [1.82, 2.24) is 20.0 Å². The van der Waals surface area contributed by atoms with Crippen LogP contribution in [0.4, 0.5) is 0 Å². The average Bonchev–Trinajstić information content (AvgIpc) is 2.87. The van der Waals surface area contributed by atoms with Crippen LogP contribution in [0.3, 0.4) is 0 Å². The van der Waals surface area contributed by atoms with Crippen molar-refractivity contribution in [3.63, 3.8) is 0 Å². The van der Waals surface area contributed by atoms with Gasteiger partial charge in [0.2, 0.25) is 0 Å². The SMILES string of the molecule is CC.CC.Cc1nnc(-c2cnn(C)c2)c(C)c1C. The molecule has 0 N–H and O–H groups in total. The molecule has 0 aliphatic carbocycles. The zero-order chi connectivity index (χ0) is 15.0. The Morgan fingerprint density at radius 2 is 1.47 bits per heavy atom. The fraction of sp³-hybridized carbons (Fsp3) is 0.533. The normalized spacial score (nSPS) is 9.05. The van der Waals surface area contributed by atoms with Crippen molar-refractivity contribution >= 4 is 0 Å². The van der Waals surface area contributed by atoms with Gasteiger partial charge in [-0.15, -0.1) is 5.10 Å². The third-order valence-electron chi connectivity index (χ3n) is 2.74. The fourth-order valence-corrected chi connectivity index (χ4v) is 1.54. The molecule has 2 aromatic heterocycles. The lowest BCUT2D eigenvalue weighted by Gasteiger charge is -2.06. The predicted octanol–water partition coefficient (Wildman–Crippen LogP) is 3.85. The Morgan fingerprint density at radius 3 is 1.95 bits per heavy atom. The standard InChI is InChI=1S/C11H14N4.2C2H6/c1-7-8(2)11(14-13-9(7)3)10-5-12-15(4)6-10;2*1-2/h5-6H,1-4H3;2*1-2H3. The van der Waals surface area contributed by atoms with Crippen LogP contribution in [0.25, 0.3) is 11.3 Å². The minimum absolute atomic E-state index is 0.922. The maximum absolute atomic E-state index is 4.22. The Balaban J connectivity index is 0.000000741. The van der Waals surface area contributed by atoms with Crippen LogP contribution in [0.5, 0.6) is 0 Å². The summed E-state index contributed by atoms with van der Waals surface area (Å²) >= 11 is 0. The van der Waals surface area contributed by atoms with Crippen molar-refractivity contribution in [2.24, 2.45) is 7.05 Å². The van der Waals surface area contributed by atoms with E-state index < -0.39 is 0 Å². The van der Waals surface area contributed by atoms with E-state index in [0.29, 0.717) is 0 Å². The summed E-state index contributed by atoms with van der Waals surface area (Å²) in [5, 5.41) is 12.5. The summed E-state index contributed by atoms with van der Waals surface area (Å²) in [4.78, 5) is 0. The first-order chi connectivity index (χ1) is 9.09. The molecule has 106 valence electrons. The smallest absolute Gasteiger partial charge is 0.0993 e. The molecule has 0 amide bonds. The molecule has 0 spiro atoms. The summed E-state index contributed by atoms with van der Waals surface area (Å²) in [6.07, 6.45) is 3.76. The van der Waals surface area contributed by atoms with Gasteiger partial charge in [-0.2, -0.15) is 10.2 Å². The van der Waals surface area contributed by atoms with Gasteiger partial charge in [-0.3, -0.25) is 4.68 Å². The molecule has 4 heteroatoms. The van der Waals surface area contributed by atoms with E-state index in [-0.39, 0.29) is 0 Å². The molecule has 0 fully saturated rings. The lowest BCUT2D eigenvalue weighted by molar-refractivity contribution is 0.768. The molecule has 0 atom stereocenters. The quantitative estimate of drug-likeness (QED) is 0.784. The van der Waals surface area contributed by atoms with Crippen molar-refractivity contribution in [1.29, 1.82) is 0 Å². The first-order valence-electron chi connectivity index (χ1n) is 6.89. The third-order valence-corrected chi connectivity index (χ3v) is 2.74. The lowest BCUT2D eigenvalue weighted by atomic mass is 10.1. The number of aromatic nitrogens is 4. The molecule has 0 aliphatic heterocycles. The maximum Gasteiger partial charge on any atom is 0.0993 e. The van der Waals surface area contributed by atoms with Crippen molar-refractivity contribution in [3.8, 4) is 11.3 Å². The lowest BCUT2D eigenvalue weighted by Crippen LogP contribution is -1.98. The van der Waals surface area contributed by atoms with Gasteiger partial charge in [-0.1, -0.05) is 27.7 Å². The van der Waals surface area contributed by atoms with Crippen LogP contribution in [0.2, 0.25) is 0 Å². The largest absolute Gasteiger partial charge is 0.275 e. The molecule has 0 bridgehead atoms. The van der Waals surface area contributed by atoms with Crippen LogP contribution in [0.1, 0.15) is 44.5 Å². The highest BCUT2D eigenvalue weighted by molar-refractivity contribution is 5.62. The Kier molecular flexibility index (Phi) is 7.65. The van der Waals surface area contributed by atoms with Gasteiger partial charge in [0.1, 0.15) is 0 Å². The minimum atomic E-state index is 0.922. The van der Waals surface area contributed by atoms with Crippen molar-refractivity contribution < 1.29 is 0 Å². The van der Waals surface area contributed by atoms with Gasteiger partial charge >= 0.3 is 0 Å². The van der Waals surface area contributed by atoms with E-state index in [4.69, 9.17) is 0 Å². The van der Waals surface area contributed by atoms with Crippen LogP contribution in [0.15, 0.2) is 12.4 Å². The first-order valence-corrected chi connectivity index (χ1v) is 6.89. The molecule has 0 saturated heterocycles. The van der Waals surface area contributed by atoms with E-state index in [1.165, 1.54) is 11.1 Å². The molecule has 0 aliphatic rings. The molecular weight excluding hydrogens is 236 g/mol. The summed E-state index contributed by atoms with van der Waals surface area (Å²) in [6, 6.07) is 0. The average molecular weight is 262 g/mol. The molecule has 19 heavy (non-hydrogen) atoms. The van der Waals surface area contributed by atoms with E-state index >= 15 is 0 Å². The van der Waals surface area contributed by atoms with Crippen LogP contribution in [-0.4, -0.2) is 20.0 Å². The van der Waals surface area contributed by atoms with Gasteiger partial charge in [0.25, 0.3) is 0 Å². The van der Waals surface area contributed by atoms with Crippen LogP contribution in [0, 0.1) is 20.8 Å². The van der Waals surface area contributed by atoms with E-state index in [1.807, 2.05) is 54.1 Å². The number of hydrogen-bond donors (Lipinski definition) is 0. The summed E-state index contributed by atoms with van der Waals surface area (Å²) < 4.78 is 1.77. The molecule has 0 aromatic carbocycles. The number of hydrogen-bond acceptors (Lipinski definition) is 3. The maximum atomic E-state index is 4.22. The minimum Gasteiger partial charge on any atom is -0.275 e.